The summed E-state index contributed by atoms with van der Waals surface area (Å²) < 4.78 is 0. The maximum Gasteiger partial charge on any atom is 0.227 e. The van der Waals surface area contributed by atoms with Gasteiger partial charge in [-0.1, -0.05) is 62.4 Å². The van der Waals surface area contributed by atoms with Crippen LogP contribution in [0.1, 0.15) is 19.4 Å². The van der Waals surface area contributed by atoms with Crippen molar-refractivity contribution in [3.05, 3.63) is 72.4 Å². The summed E-state index contributed by atoms with van der Waals surface area (Å²) in [7, 11) is 0. The van der Waals surface area contributed by atoms with Gasteiger partial charge in [-0.2, -0.15) is 0 Å². The molecule has 0 aliphatic rings. The molecule has 0 aliphatic carbocycles. The highest BCUT2D eigenvalue weighted by Gasteiger charge is 2.03. The standard InChI is InChI=1S/C17H15N3.C2H6/c1-13-7-5-6-10-15(13)19-17-18-12-11-16(20-17)14-8-3-2-4-9-14;1-2/h2-12H,1H3,(H,18,19,20);1-2H3. The van der Waals surface area contributed by atoms with Crippen LogP contribution in [-0.2, 0) is 0 Å². The first kappa shape index (κ1) is 15.7. The number of hydrogen-bond acceptors (Lipinski definition) is 3. The van der Waals surface area contributed by atoms with Crippen LogP contribution in [0.15, 0.2) is 66.9 Å². The van der Waals surface area contributed by atoms with E-state index in [0.29, 0.717) is 5.95 Å². The lowest BCUT2D eigenvalue weighted by molar-refractivity contribution is 1.17. The average Bonchev–Trinajstić information content (AvgIpc) is 2.60. The van der Waals surface area contributed by atoms with Crippen molar-refractivity contribution in [1.29, 1.82) is 0 Å². The summed E-state index contributed by atoms with van der Waals surface area (Å²) >= 11 is 0. The summed E-state index contributed by atoms with van der Waals surface area (Å²) in [6, 6.07) is 20.1. The number of aromatic nitrogens is 2. The van der Waals surface area contributed by atoms with E-state index in [1.807, 2.05) is 68.4 Å². The molecule has 3 rings (SSSR count). The fourth-order valence-corrected chi connectivity index (χ4v) is 2.02. The molecule has 0 saturated carbocycles. The van der Waals surface area contributed by atoms with Crippen LogP contribution in [0.5, 0.6) is 0 Å². The Morgan fingerprint density at radius 1 is 0.818 bits per heavy atom. The molecule has 0 aliphatic heterocycles. The van der Waals surface area contributed by atoms with E-state index in [9.17, 15) is 0 Å². The van der Waals surface area contributed by atoms with Crippen LogP contribution in [0, 0.1) is 6.92 Å². The summed E-state index contributed by atoms with van der Waals surface area (Å²) in [6.45, 7) is 6.06. The number of rotatable bonds is 3. The van der Waals surface area contributed by atoms with Crippen LogP contribution in [0.25, 0.3) is 11.3 Å². The van der Waals surface area contributed by atoms with Gasteiger partial charge in [0.25, 0.3) is 0 Å². The zero-order valence-corrected chi connectivity index (χ0v) is 13.2. The van der Waals surface area contributed by atoms with Crippen molar-refractivity contribution in [3.8, 4) is 11.3 Å². The number of anilines is 2. The van der Waals surface area contributed by atoms with E-state index in [2.05, 4.69) is 28.3 Å². The van der Waals surface area contributed by atoms with Gasteiger partial charge in [-0.25, -0.2) is 9.97 Å². The second-order valence-corrected chi connectivity index (χ2v) is 4.57. The van der Waals surface area contributed by atoms with Crippen LogP contribution >= 0.6 is 0 Å². The van der Waals surface area contributed by atoms with Crippen LogP contribution in [0.3, 0.4) is 0 Å². The van der Waals surface area contributed by atoms with Crippen molar-refractivity contribution >= 4 is 11.6 Å². The second kappa shape index (κ2) is 7.93. The van der Waals surface area contributed by atoms with Crippen LogP contribution in [0.4, 0.5) is 11.6 Å². The monoisotopic (exact) mass is 291 g/mol. The van der Waals surface area contributed by atoms with Crippen LogP contribution in [-0.4, -0.2) is 9.97 Å². The molecule has 1 heterocycles. The number of benzene rings is 2. The zero-order chi connectivity index (χ0) is 15.8. The summed E-state index contributed by atoms with van der Waals surface area (Å²) in [5, 5.41) is 3.26. The molecule has 1 N–H and O–H groups in total. The lowest BCUT2D eigenvalue weighted by Crippen LogP contribution is -1.99. The summed E-state index contributed by atoms with van der Waals surface area (Å²) in [5.41, 5.74) is 4.19. The first-order valence-corrected chi connectivity index (χ1v) is 7.54. The van der Waals surface area contributed by atoms with E-state index < -0.39 is 0 Å². The minimum absolute atomic E-state index is 0.612. The molecule has 0 saturated heterocycles. The highest BCUT2D eigenvalue weighted by atomic mass is 15.1. The van der Waals surface area contributed by atoms with Gasteiger partial charge < -0.3 is 5.32 Å². The Balaban J connectivity index is 0.000000847. The average molecular weight is 291 g/mol. The lowest BCUT2D eigenvalue weighted by atomic mass is 10.1. The van der Waals surface area contributed by atoms with Gasteiger partial charge >= 0.3 is 0 Å². The third-order valence-corrected chi connectivity index (χ3v) is 3.12. The topological polar surface area (TPSA) is 37.8 Å². The smallest absolute Gasteiger partial charge is 0.227 e. The Hall–Kier alpha value is -2.68. The van der Waals surface area contributed by atoms with E-state index in [4.69, 9.17) is 0 Å². The molecule has 1 aromatic heterocycles. The van der Waals surface area contributed by atoms with E-state index in [1.165, 1.54) is 5.56 Å². The fraction of sp³-hybridized carbons (Fsp3) is 0.158. The van der Waals surface area contributed by atoms with Gasteiger partial charge in [0.2, 0.25) is 5.95 Å². The highest BCUT2D eigenvalue weighted by molar-refractivity contribution is 5.63. The van der Waals surface area contributed by atoms with Crippen molar-refractivity contribution in [2.24, 2.45) is 0 Å². The molecule has 0 fully saturated rings. The predicted molar refractivity (Wildman–Crippen MR) is 93.3 cm³/mol. The van der Waals surface area contributed by atoms with Gasteiger partial charge in [-0.3, -0.25) is 0 Å². The van der Waals surface area contributed by atoms with Gasteiger partial charge in [0.1, 0.15) is 0 Å². The van der Waals surface area contributed by atoms with E-state index in [0.717, 1.165) is 16.9 Å². The molecule has 0 bridgehead atoms. The molecular weight excluding hydrogens is 270 g/mol. The third-order valence-electron chi connectivity index (χ3n) is 3.12. The molecule has 3 heteroatoms. The molecule has 0 radical (unpaired) electrons. The number of hydrogen-bond donors (Lipinski definition) is 1. The van der Waals surface area contributed by atoms with Gasteiger partial charge in [0.05, 0.1) is 5.69 Å². The van der Waals surface area contributed by atoms with Crippen molar-refractivity contribution in [1.82, 2.24) is 9.97 Å². The van der Waals surface area contributed by atoms with Gasteiger partial charge in [-0.05, 0) is 24.6 Å². The molecule has 112 valence electrons. The Morgan fingerprint density at radius 3 is 2.23 bits per heavy atom. The van der Waals surface area contributed by atoms with Crippen LogP contribution < -0.4 is 5.32 Å². The quantitative estimate of drug-likeness (QED) is 0.718. The molecule has 0 amide bonds. The maximum atomic E-state index is 4.56. The van der Waals surface area contributed by atoms with E-state index in [1.54, 1.807) is 6.20 Å². The minimum atomic E-state index is 0.612. The maximum absolute atomic E-state index is 4.56. The van der Waals surface area contributed by atoms with E-state index in [-0.39, 0.29) is 0 Å². The van der Waals surface area contributed by atoms with Crippen molar-refractivity contribution in [3.63, 3.8) is 0 Å². The Labute approximate surface area is 132 Å². The van der Waals surface area contributed by atoms with Crippen molar-refractivity contribution < 1.29 is 0 Å². The van der Waals surface area contributed by atoms with Gasteiger partial charge in [0, 0.05) is 17.4 Å². The fourth-order valence-electron chi connectivity index (χ4n) is 2.02. The van der Waals surface area contributed by atoms with Gasteiger partial charge in [-0.15, -0.1) is 0 Å². The Bertz CT molecular complexity index is 709. The SMILES string of the molecule is CC.Cc1ccccc1Nc1nccc(-c2ccccc2)n1. The number of aryl methyl sites for hydroxylation is 1. The van der Waals surface area contributed by atoms with Gasteiger partial charge in [0.15, 0.2) is 0 Å². The number of nitrogens with one attached hydrogen (secondary N) is 1. The molecule has 2 aromatic carbocycles. The minimum Gasteiger partial charge on any atom is -0.324 e. The molecule has 0 atom stereocenters. The molecule has 0 spiro atoms. The number of nitrogens with zero attached hydrogens (tertiary/aromatic N) is 2. The predicted octanol–water partition coefficient (Wildman–Crippen LogP) is 5.22. The highest BCUT2D eigenvalue weighted by Crippen LogP contribution is 2.20. The van der Waals surface area contributed by atoms with Crippen LogP contribution in [0.2, 0.25) is 0 Å². The Morgan fingerprint density at radius 2 is 1.50 bits per heavy atom. The second-order valence-electron chi connectivity index (χ2n) is 4.57. The summed E-state index contributed by atoms with van der Waals surface area (Å²) in [4.78, 5) is 8.84. The van der Waals surface area contributed by atoms with E-state index >= 15 is 0 Å². The molecule has 22 heavy (non-hydrogen) atoms. The Kier molecular flexibility index (Phi) is 5.66. The molecular formula is C19H21N3. The molecule has 3 aromatic rings. The molecule has 3 nitrogen and oxygen atoms in total. The third kappa shape index (κ3) is 3.92. The first-order valence-electron chi connectivity index (χ1n) is 7.54. The largest absolute Gasteiger partial charge is 0.324 e. The lowest BCUT2D eigenvalue weighted by Gasteiger charge is -2.08. The first-order chi connectivity index (χ1) is 10.8. The zero-order valence-electron chi connectivity index (χ0n) is 13.2. The van der Waals surface area contributed by atoms with Crippen molar-refractivity contribution in [2.45, 2.75) is 20.8 Å². The number of para-hydroxylation sites is 1. The molecule has 0 unspecified atom stereocenters. The summed E-state index contributed by atoms with van der Waals surface area (Å²) in [5.74, 6) is 0.612. The van der Waals surface area contributed by atoms with Crippen molar-refractivity contribution in [2.75, 3.05) is 5.32 Å². The summed E-state index contributed by atoms with van der Waals surface area (Å²) in [6.07, 6.45) is 1.77. The normalized spacial score (nSPS) is 9.59.